The lowest BCUT2D eigenvalue weighted by atomic mass is 10.1. The normalized spacial score (nSPS) is 12.2. The van der Waals surface area contributed by atoms with Crippen LogP contribution in [0.1, 0.15) is 24.1 Å². The van der Waals surface area contributed by atoms with E-state index in [9.17, 15) is 13.2 Å². The topological polar surface area (TPSA) is 84.9 Å². The Hall–Kier alpha value is -2.45. The van der Waals surface area contributed by atoms with Crippen molar-refractivity contribution < 1.29 is 22.7 Å². The number of hydrogen-bond donors (Lipinski definition) is 1. The zero-order valence-electron chi connectivity index (χ0n) is 17.0. The van der Waals surface area contributed by atoms with Gasteiger partial charge >= 0.3 is 0 Å². The van der Waals surface area contributed by atoms with Crippen LogP contribution in [0.5, 0.6) is 11.5 Å². The van der Waals surface area contributed by atoms with Gasteiger partial charge in [0, 0.05) is 5.02 Å². The molecule has 0 aliphatic heterocycles. The number of carbonyl (C=O) groups is 1. The van der Waals surface area contributed by atoms with E-state index in [1.807, 2.05) is 6.92 Å². The molecule has 0 aliphatic rings. The molecule has 0 saturated heterocycles. The second kappa shape index (κ2) is 9.37. The number of methoxy groups -OCH3 is 2. The molecule has 2 rings (SSSR count). The van der Waals surface area contributed by atoms with Crippen molar-refractivity contribution >= 4 is 33.2 Å². The van der Waals surface area contributed by atoms with E-state index in [0.717, 1.165) is 21.7 Å². The monoisotopic (exact) mass is 440 g/mol. The fourth-order valence-corrected chi connectivity index (χ4v) is 3.78. The van der Waals surface area contributed by atoms with E-state index in [1.54, 1.807) is 44.4 Å². The van der Waals surface area contributed by atoms with E-state index in [1.165, 1.54) is 13.2 Å². The average Bonchev–Trinajstić information content (AvgIpc) is 2.66. The number of rotatable bonds is 8. The van der Waals surface area contributed by atoms with Crippen LogP contribution >= 0.6 is 11.6 Å². The fraction of sp³-hybridized carbons (Fsp3) is 0.350. The molecule has 0 bridgehead atoms. The number of anilines is 1. The summed E-state index contributed by atoms with van der Waals surface area (Å²) >= 11 is 6.12. The Morgan fingerprint density at radius 1 is 1.14 bits per heavy atom. The molecule has 9 heteroatoms. The number of sulfonamides is 1. The summed E-state index contributed by atoms with van der Waals surface area (Å²) in [6.07, 6.45) is 1.05. The van der Waals surface area contributed by atoms with Crippen molar-refractivity contribution in [2.24, 2.45) is 0 Å². The molecular formula is C20H25ClN2O5S. The van der Waals surface area contributed by atoms with Crippen LogP contribution in [0.2, 0.25) is 5.02 Å². The summed E-state index contributed by atoms with van der Waals surface area (Å²) in [7, 11) is -0.615. The van der Waals surface area contributed by atoms with Crippen molar-refractivity contribution in [1.29, 1.82) is 0 Å². The first-order valence-electron chi connectivity index (χ1n) is 8.82. The Labute approximate surface area is 176 Å². The van der Waals surface area contributed by atoms with Crippen molar-refractivity contribution in [3.63, 3.8) is 0 Å². The molecule has 0 radical (unpaired) electrons. The molecule has 29 heavy (non-hydrogen) atoms. The van der Waals surface area contributed by atoms with E-state index in [-0.39, 0.29) is 12.6 Å². The molecule has 7 nitrogen and oxygen atoms in total. The summed E-state index contributed by atoms with van der Waals surface area (Å²) in [6.45, 7) is 3.25. The molecule has 0 aliphatic carbocycles. The Morgan fingerprint density at radius 2 is 1.79 bits per heavy atom. The van der Waals surface area contributed by atoms with Gasteiger partial charge in [-0.15, -0.1) is 0 Å². The first-order chi connectivity index (χ1) is 13.6. The minimum atomic E-state index is -3.69. The zero-order chi connectivity index (χ0) is 21.8. The highest BCUT2D eigenvalue weighted by Gasteiger charge is 2.22. The number of benzene rings is 2. The number of aryl methyl sites for hydroxylation is 1. The van der Waals surface area contributed by atoms with Crippen LogP contribution in [0.4, 0.5) is 5.69 Å². The molecule has 2 aromatic rings. The lowest BCUT2D eigenvalue weighted by molar-refractivity contribution is -0.120. The van der Waals surface area contributed by atoms with Gasteiger partial charge in [0.05, 0.1) is 32.2 Å². The summed E-state index contributed by atoms with van der Waals surface area (Å²) in [5.41, 5.74) is 1.94. The minimum absolute atomic E-state index is 0.331. The van der Waals surface area contributed by atoms with Gasteiger partial charge in [0.2, 0.25) is 15.9 Å². The maximum Gasteiger partial charge on any atom is 0.241 e. The van der Waals surface area contributed by atoms with Gasteiger partial charge in [-0.25, -0.2) is 8.42 Å². The van der Waals surface area contributed by atoms with Crippen LogP contribution in [-0.4, -0.2) is 41.3 Å². The Balaban J connectivity index is 2.19. The highest BCUT2D eigenvalue weighted by atomic mass is 35.5. The van der Waals surface area contributed by atoms with Gasteiger partial charge in [-0.3, -0.25) is 9.10 Å². The van der Waals surface area contributed by atoms with Crippen LogP contribution in [0.3, 0.4) is 0 Å². The second-order valence-corrected chi connectivity index (χ2v) is 8.92. The molecule has 1 N–H and O–H groups in total. The molecule has 1 unspecified atom stereocenters. The quantitative estimate of drug-likeness (QED) is 0.680. The molecule has 1 atom stereocenters. The molecule has 0 aromatic heterocycles. The summed E-state index contributed by atoms with van der Waals surface area (Å²) in [4.78, 5) is 12.6. The predicted octanol–water partition coefficient (Wildman–Crippen LogP) is 3.31. The predicted molar refractivity (Wildman–Crippen MR) is 114 cm³/mol. The lowest BCUT2D eigenvalue weighted by Crippen LogP contribution is -2.41. The van der Waals surface area contributed by atoms with E-state index in [4.69, 9.17) is 21.1 Å². The van der Waals surface area contributed by atoms with Gasteiger partial charge in [-0.2, -0.15) is 0 Å². The molecule has 0 spiro atoms. The second-order valence-electron chi connectivity index (χ2n) is 6.61. The summed E-state index contributed by atoms with van der Waals surface area (Å²) in [6, 6.07) is 9.80. The van der Waals surface area contributed by atoms with Crippen LogP contribution in [-0.2, 0) is 14.8 Å². The fourth-order valence-electron chi connectivity index (χ4n) is 2.76. The number of amides is 1. The SMILES string of the molecule is COc1ccc(C(C)NC(=O)CN(c2ccc(C)c(Cl)c2)S(C)(=O)=O)cc1OC. The molecule has 0 saturated carbocycles. The third kappa shape index (κ3) is 5.77. The molecule has 1 amide bonds. The number of nitrogens with zero attached hydrogens (tertiary/aromatic N) is 1. The van der Waals surface area contributed by atoms with Crippen molar-refractivity contribution in [3.05, 3.63) is 52.5 Å². The van der Waals surface area contributed by atoms with E-state index < -0.39 is 15.9 Å². The number of halogens is 1. The van der Waals surface area contributed by atoms with E-state index >= 15 is 0 Å². The highest BCUT2D eigenvalue weighted by Crippen LogP contribution is 2.30. The first kappa shape index (κ1) is 22.8. The zero-order valence-corrected chi connectivity index (χ0v) is 18.6. The van der Waals surface area contributed by atoms with E-state index in [0.29, 0.717) is 22.2 Å². The van der Waals surface area contributed by atoms with Gasteiger partial charge < -0.3 is 14.8 Å². The number of carbonyl (C=O) groups excluding carboxylic acids is 1. The molecule has 0 fully saturated rings. The summed E-state index contributed by atoms with van der Waals surface area (Å²) < 4.78 is 36.0. The third-order valence-electron chi connectivity index (χ3n) is 4.42. The van der Waals surface area contributed by atoms with Crippen LogP contribution < -0.4 is 19.1 Å². The van der Waals surface area contributed by atoms with Crippen molar-refractivity contribution in [1.82, 2.24) is 5.32 Å². The van der Waals surface area contributed by atoms with Crippen LogP contribution in [0.15, 0.2) is 36.4 Å². The largest absolute Gasteiger partial charge is 0.493 e. The van der Waals surface area contributed by atoms with E-state index in [2.05, 4.69) is 5.32 Å². The van der Waals surface area contributed by atoms with Crippen LogP contribution in [0, 0.1) is 6.92 Å². The number of ether oxygens (including phenoxy) is 2. The Bertz CT molecular complexity index is 994. The van der Waals surface area contributed by atoms with Crippen LogP contribution in [0.25, 0.3) is 0 Å². The van der Waals surface area contributed by atoms with Gasteiger partial charge in [-0.05, 0) is 49.2 Å². The molecular weight excluding hydrogens is 416 g/mol. The molecule has 2 aromatic carbocycles. The summed E-state index contributed by atoms with van der Waals surface area (Å²) in [5, 5.41) is 3.24. The van der Waals surface area contributed by atoms with Crippen molar-refractivity contribution in [2.75, 3.05) is 31.3 Å². The smallest absolute Gasteiger partial charge is 0.241 e. The van der Waals surface area contributed by atoms with Crippen molar-refractivity contribution in [3.8, 4) is 11.5 Å². The summed E-state index contributed by atoms with van der Waals surface area (Å²) in [5.74, 6) is 0.668. The Morgan fingerprint density at radius 3 is 2.34 bits per heavy atom. The maximum atomic E-state index is 12.6. The van der Waals surface area contributed by atoms with Gasteiger partial charge in [0.25, 0.3) is 0 Å². The molecule has 0 heterocycles. The average molecular weight is 441 g/mol. The number of hydrogen-bond acceptors (Lipinski definition) is 5. The molecule has 158 valence electrons. The third-order valence-corrected chi connectivity index (χ3v) is 5.96. The highest BCUT2D eigenvalue weighted by molar-refractivity contribution is 7.92. The Kier molecular flexibility index (Phi) is 7.37. The standard InChI is InChI=1S/C20H25ClN2O5S/c1-13-6-8-16(11-17(13)21)23(29(5,25)26)12-20(24)22-14(2)15-7-9-18(27-3)19(10-15)28-4/h6-11,14H,12H2,1-5H3,(H,22,24). The lowest BCUT2D eigenvalue weighted by Gasteiger charge is -2.24. The number of nitrogens with one attached hydrogen (secondary N) is 1. The van der Waals surface area contributed by atoms with Gasteiger partial charge in [0.15, 0.2) is 11.5 Å². The first-order valence-corrected chi connectivity index (χ1v) is 11.0. The minimum Gasteiger partial charge on any atom is -0.493 e. The van der Waals surface area contributed by atoms with Gasteiger partial charge in [0.1, 0.15) is 6.54 Å². The van der Waals surface area contributed by atoms with Crippen molar-refractivity contribution in [2.45, 2.75) is 19.9 Å². The van der Waals surface area contributed by atoms with Gasteiger partial charge in [-0.1, -0.05) is 23.7 Å². The maximum absolute atomic E-state index is 12.6.